The first-order chi connectivity index (χ1) is 4.63. The zero-order chi connectivity index (χ0) is 9.28. The summed E-state index contributed by atoms with van der Waals surface area (Å²) < 4.78 is -1.87. The number of carbonyl (C=O) groups excluding carboxylic acids is 1. The van der Waals surface area contributed by atoms with Gasteiger partial charge in [-0.1, -0.05) is 34.8 Å². The lowest BCUT2D eigenvalue weighted by molar-refractivity contribution is -0.121. The Morgan fingerprint density at radius 3 is 1.64 bits per heavy atom. The molecule has 5 heteroatoms. The third-order valence-corrected chi connectivity index (χ3v) is 1.26. The maximum atomic E-state index is 11.0. The number of nitrogens with one attached hydrogen (secondary N) is 1. The molecule has 0 rings (SSSR count). The van der Waals surface area contributed by atoms with E-state index in [0.717, 1.165) is 0 Å². The van der Waals surface area contributed by atoms with Crippen LogP contribution in [0.1, 0.15) is 20.8 Å². The highest BCUT2D eigenvalue weighted by Gasteiger charge is 2.32. The normalized spacial score (nSPS) is 12.9. The van der Waals surface area contributed by atoms with Gasteiger partial charge in [0.05, 0.1) is 0 Å². The van der Waals surface area contributed by atoms with Crippen molar-refractivity contribution in [1.29, 1.82) is 0 Å². The van der Waals surface area contributed by atoms with E-state index in [0.29, 0.717) is 0 Å². The van der Waals surface area contributed by atoms with E-state index in [-0.39, 0.29) is 5.54 Å². The van der Waals surface area contributed by atoms with Crippen molar-refractivity contribution in [1.82, 2.24) is 5.32 Å². The third kappa shape index (κ3) is 5.59. The van der Waals surface area contributed by atoms with Crippen LogP contribution >= 0.6 is 34.8 Å². The van der Waals surface area contributed by atoms with E-state index in [1.165, 1.54) is 0 Å². The lowest BCUT2D eigenvalue weighted by Gasteiger charge is -2.23. The van der Waals surface area contributed by atoms with Crippen LogP contribution in [0.5, 0.6) is 0 Å². The minimum atomic E-state index is -1.87. The van der Waals surface area contributed by atoms with Crippen molar-refractivity contribution >= 4 is 40.7 Å². The summed E-state index contributed by atoms with van der Waals surface area (Å²) in [6.45, 7) is 5.42. The second-order valence-electron chi connectivity index (χ2n) is 3.20. The zero-order valence-corrected chi connectivity index (χ0v) is 8.81. The van der Waals surface area contributed by atoms with Gasteiger partial charge in [-0.05, 0) is 20.8 Å². The first-order valence-corrected chi connectivity index (χ1v) is 4.15. The summed E-state index contributed by atoms with van der Waals surface area (Å²) in [5.74, 6) is -0.602. The summed E-state index contributed by atoms with van der Waals surface area (Å²) in [6.07, 6.45) is 0. The van der Waals surface area contributed by atoms with E-state index in [1.807, 2.05) is 0 Å². The largest absolute Gasteiger partial charge is 0.348 e. The monoisotopic (exact) mass is 217 g/mol. The van der Waals surface area contributed by atoms with Crippen LogP contribution in [0.25, 0.3) is 0 Å². The Labute approximate surface area is 81.2 Å². The van der Waals surface area contributed by atoms with E-state index >= 15 is 0 Å². The summed E-state index contributed by atoms with van der Waals surface area (Å²) >= 11 is 15.9. The number of halogens is 3. The Morgan fingerprint density at radius 2 is 1.55 bits per heavy atom. The van der Waals surface area contributed by atoms with Crippen molar-refractivity contribution < 1.29 is 4.79 Å². The second-order valence-corrected chi connectivity index (χ2v) is 5.48. The van der Waals surface area contributed by atoms with Gasteiger partial charge in [0.1, 0.15) is 0 Å². The first kappa shape index (κ1) is 11.3. The van der Waals surface area contributed by atoms with Gasteiger partial charge in [-0.2, -0.15) is 0 Å². The predicted molar refractivity (Wildman–Crippen MR) is 48.2 cm³/mol. The van der Waals surface area contributed by atoms with E-state index < -0.39 is 9.70 Å². The number of hydrogen-bond donors (Lipinski definition) is 1. The molecule has 1 N–H and O–H groups in total. The van der Waals surface area contributed by atoms with Gasteiger partial charge in [-0.15, -0.1) is 0 Å². The van der Waals surface area contributed by atoms with Crippen molar-refractivity contribution in [2.75, 3.05) is 0 Å². The number of amides is 1. The van der Waals surface area contributed by atoms with Crippen LogP contribution in [0, 0.1) is 0 Å². The fraction of sp³-hybridized carbons (Fsp3) is 0.833. The fourth-order valence-corrected chi connectivity index (χ4v) is 0.553. The zero-order valence-electron chi connectivity index (χ0n) is 6.54. The molecule has 0 aliphatic heterocycles. The van der Waals surface area contributed by atoms with Gasteiger partial charge < -0.3 is 5.32 Å². The summed E-state index contributed by atoms with van der Waals surface area (Å²) in [7, 11) is 0. The molecule has 0 saturated heterocycles. The molecule has 0 aromatic heterocycles. The highest BCUT2D eigenvalue weighted by atomic mass is 35.6. The molecular weight excluding hydrogens is 208 g/mol. The van der Waals surface area contributed by atoms with Crippen LogP contribution in [0.15, 0.2) is 0 Å². The molecule has 0 saturated carbocycles. The van der Waals surface area contributed by atoms with Crippen LogP contribution < -0.4 is 5.32 Å². The molecule has 0 spiro atoms. The average molecular weight is 219 g/mol. The van der Waals surface area contributed by atoms with Crippen LogP contribution in [0.2, 0.25) is 0 Å². The molecule has 0 radical (unpaired) electrons. The highest BCUT2D eigenvalue weighted by Crippen LogP contribution is 2.26. The fourth-order valence-electron chi connectivity index (χ4n) is 0.411. The van der Waals surface area contributed by atoms with Gasteiger partial charge in [0.25, 0.3) is 9.70 Å². The molecule has 1 amide bonds. The van der Waals surface area contributed by atoms with Crippen molar-refractivity contribution in [2.24, 2.45) is 0 Å². The molecule has 0 bridgehead atoms. The topological polar surface area (TPSA) is 29.1 Å². The summed E-state index contributed by atoms with van der Waals surface area (Å²) in [5.41, 5.74) is -0.374. The molecule has 0 atom stereocenters. The van der Waals surface area contributed by atoms with Crippen molar-refractivity contribution in [3.05, 3.63) is 0 Å². The molecule has 2 nitrogen and oxygen atoms in total. The third-order valence-electron chi connectivity index (χ3n) is 0.746. The van der Waals surface area contributed by atoms with E-state index in [1.54, 1.807) is 20.8 Å². The van der Waals surface area contributed by atoms with Crippen molar-refractivity contribution in [3.8, 4) is 0 Å². The molecule has 66 valence electrons. The van der Waals surface area contributed by atoms with Gasteiger partial charge >= 0.3 is 0 Å². The molecule has 0 aliphatic rings. The Hall–Kier alpha value is 0.340. The molecule has 0 fully saturated rings. The average Bonchev–Trinajstić information content (AvgIpc) is 1.56. The summed E-state index contributed by atoms with van der Waals surface area (Å²) in [4.78, 5) is 11.0. The molecule has 11 heavy (non-hydrogen) atoms. The van der Waals surface area contributed by atoms with E-state index in [2.05, 4.69) is 5.32 Å². The minimum absolute atomic E-state index is 0.374. The number of hydrogen-bond acceptors (Lipinski definition) is 1. The van der Waals surface area contributed by atoms with Gasteiger partial charge in [-0.3, -0.25) is 4.79 Å². The lowest BCUT2D eigenvalue weighted by atomic mass is 10.1. The first-order valence-electron chi connectivity index (χ1n) is 3.02. The maximum absolute atomic E-state index is 11.0. The molecule has 0 aromatic rings. The SMILES string of the molecule is CC(C)(C)NC(=O)C(Cl)(Cl)Cl. The van der Waals surface area contributed by atoms with Gasteiger partial charge in [0, 0.05) is 5.54 Å². The summed E-state index contributed by atoms with van der Waals surface area (Å²) in [5, 5.41) is 2.52. The van der Waals surface area contributed by atoms with Crippen LogP contribution in [-0.2, 0) is 4.79 Å². The van der Waals surface area contributed by atoms with Gasteiger partial charge in [0.15, 0.2) is 0 Å². The number of alkyl halides is 3. The molecule has 0 unspecified atom stereocenters. The van der Waals surface area contributed by atoms with Crippen LogP contribution in [0.4, 0.5) is 0 Å². The van der Waals surface area contributed by atoms with Crippen LogP contribution in [-0.4, -0.2) is 15.2 Å². The Morgan fingerprint density at radius 1 is 1.18 bits per heavy atom. The quantitative estimate of drug-likeness (QED) is 0.621. The van der Waals surface area contributed by atoms with Crippen molar-refractivity contribution in [3.63, 3.8) is 0 Å². The molecule has 0 heterocycles. The second kappa shape index (κ2) is 3.38. The summed E-state index contributed by atoms with van der Waals surface area (Å²) in [6, 6.07) is 0. The Kier molecular flexibility index (Phi) is 3.48. The van der Waals surface area contributed by atoms with E-state index in [4.69, 9.17) is 34.8 Å². The minimum Gasteiger partial charge on any atom is -0.348 e. The molecule has 0 aromatic carbocycles. The predicted octanol–water partition coefficient (Wildman–Crippen LogP) is 2.27. The van der Waals surface area contributed by atoms with Crippen molar-refractivity contribution in [2.45, 2.75) is 30.1 Å². The highest BCUT2D eigenvalue weighted by molar-refractivity contribution is 6.76. The number of carbonyl (C=O) groups is 1. The van der Waals surface area contributed by atoms with Gasteiger partial charge in [-0.25, -0.2) is 0 Å². The Bertz CT molecular complexity index is 156. The lowest BCUT2D eigenvalue weighted by Crippen LogP contribution is -2.46. The van der Waals surface area contributed by atoms with E-state index in [9.17, 15) is 4.79 Å². The molecular formula is C6H10Cl3NO. The van der Waals surface area contributed by atoms with Gasteiger partial charge in [0.2, 0.25) is 0 Å². The van der Waals surface area contributed by atoms with Crippen LogP contribution in [0.3, 0.4) is 0 Å². The Balaban J connectivity index is 4.11. The standard InChI is InChI=1S/C6H10Cl3NO/c1-5(2,3)10-4(11)6(7,8)9/h1-3H3,(H,10,11). The maximum Gasteiger partial charge on any atom is 0.272 e. The number of rotatable bonds is 0. The molecule has 0 aliphatic carbocycles. The smallest absolute Gasteiger partial charge is 0.272 e.